The molecule has 3 nitrogen and oxygen atoms in total. The lowest BCUT2D eigenvalue weighted by molar-refractivity contribution is -0.137. The summed E-state index contributed by atoms with van der Waals surface area (Å²) in [4.78, 5) is 15.2. The largest absolute Gasteiger partial charge is 0.481 e. The number of carboxylic acids is 1. The van der Waals surface area contributed by atoms with Gasteiger partial charge in [0.05, 0.1) is 11.9 Å². The van der Waals surface area contributed by atoms with Gasteiger partial charge in [0, 0.05) is 11.1 Å². The van der Waals surface area contributed by atoms with Gasteiger partial charge in [0.1, 0.15) is 0 Å². The number of fused-ring (bicyclic) bond motifs is 1. The van der Waals surface area contributed by atoms with Gasteiger partial charge in [-0.3, -0.25) is 9.78 Å². The van der Waals surface area contributed by atoms with Crippen molar-refractivity contribution in [2.45, 2.75) is 26.2 Å². The molecule has 0 saturated heterocycles. The Hall–Kier alpha value is -1.90. The molecule has 1 unspecified atom stereocenters. The van der Waals surface area contributed by atoms with Crippen LogP contribution in [0.5, 0.6) is 0 Å². The zero-order valence-electron chi connectivity index (χ0n) is 9.97. The molecule has 1 aromatic heterocycles. The van der Waals surface area contributed by atoms with Crippen molar-refractivity contribution >= 4 is 16.9 Å². The van der Waals surface area contributed by atoms with Crippen LogP contribution in [0.3, 0.4) is 0 Å². The van der Waals surface area contributed by atoms with Gasteiger partial charge in [-0.05, 0) is 30.5 Å². The van der Waals surface area contributed by atoms with E-state index in [1.807, 2.05) is 44.2 Å². The van der Waals surface area contributed by atoms with E-state index in [-0.39, 0.29) is 12.3 Å². The monoisotopic (exact) mass is 229 g/mol. The lowest BCUT2D eigenvalue weighted by Crippen LogP contribution is -2.05. The standard InChI is InChI=1S/C14H15NO2/c1-9(7-14(16)17)12-8-11-5-3-4-6-13(11)15-10(12)2/h3-6,8-9H,7H2,1-2H3,(H,16,17). The lowest BCUT2D eigenvalue weighted by atomic mass is 9.95. The summed E-state index contributed by atoms with van der Waals surface area (Å²) in [6, 6.07) is 9.93. The predicted molar refractivity (Wildman–Crippen MR) is 67.1 cm³/mol. The van der Waals surface area contributed by atoms with Crippen LogP contribution < -0.4 is 0 Å². The van der Waals surface area contributed by atoms with Crippen LogP contribution in [0.15, 0.2) is 30.3 Å². The zero-order valence-corrected chi connectivity index (χ0v) is 9.97. The smallest absolute Gasteiger partial charge is 0.303 e. The number of nitrogens with zero attached hydrogens (tertiary/aromatic N) is 1. The molecule has 1 aromatic carbocycles. The van der Waals surface area contributed by atoms with Crippen molar-refractivity contribution in [1.82, 2.24) is 4.98 Å². The summed E-state index contributed by atoms with van der Waals surface area (Å²) in [6.07, 6.45) is 0.140. The molecule has 2 aromatic rings. The Morgan fingerprint density at radius 3 is 2.82 bits per heavy atom. The van der Waals surface area contributed by atoms with Gasteiger partial charge in [-0.25, -0.2) is 0 Å². The van der Waals surface area contributed by atoms with Crippen LogP contribution in [-0.4, -0.2) is 16.1 Å². The molecule has 1 atom stereocenters. The minimum Gasteiger partial charge on any atom is -0.481 e. The molecule has 2 rings (SSSR count). The second-order valence-electron chi connectivity index (χ2n) is 4.35. The first-order chi connectivity index (χ1) is 8.08. The number of aryl methyl sites for hydroxylation is 1. The summed E-state index contributed by atoms with van der Waals surface area (Å²) >= 11 is 0. The van der Waals surface area contributed by atoms with E-state index in [0.717, 1.165) is 22.2 Å². The minimum atomic E-state index is -0.773. The number of aromatic nitrogens is 1. The van der Waals surface area contributed by atoms with Crippen molar-refractivity contribution in [1.29, 1.82) is 0 Å². The van der Waals surface area contributed by atoms with Crippen molar-refractivity contribution in [3.8, 4) is 0 Å². The average Bonchev–Trinajstić information content (AvgIpc) is 2.27. The van der Waals surface area contributed by atoms with Crippen LogP contribution in [0.2, 0.25) is 0 Å². The van der Waals surface area contributed by atoms with E-state index in [9.17, 15) is 4.79 Å². The third-order valence-corrected chi connectivity index (χ3v) is 2.97. The van der Waals surface area contributed by atoms with Crippen LogP contribution in [0, 0.1) is 6.92 Å². The fraction of sp³-hybridized carbons (Fsp3) is 0.286. The summed E-state index contributed by atoms with van der Waals surface area (Å²) in [5, 5.41) is 9.89. The minimum absolute atomic E-state index is 0.00962. The summed E-state index contributed by atoms with van der Waals surface area (Å²) in [5.74, 6) is -0.783. The van der Waals surface area contributed by atoms with Gasteiger partial charge >= 0.3 is 5.97 Å². The van der Waals surface area contributed by atoms with Crippen molar-refractivity contribution in [2.75, 3.05) is 0 Å². The molecule has 0 aliphatic carbocycles. The molecule has 0 aliphatic heterocycles. The Bertz CT molecular complexity index is 563. The quantitative estimate of drug-likeness (QED) is 0.879. The first-order valence-electron chi connectivity index (χ1n) is 5.66. The number of pyridine rings is 1. The number of rotatable bonds is 3. The third kappa shape index (κ3) is 2.44. The Kier molecular flexibility index (Phi) is 3.09. The van der Waals surface area contributed by atoms with Crippen molar-refractivity contribution in [3.63, 3.8) is 0 Å². The molecule has 0 radical (unpaired) electrons. The molecule has 88 valence electrons. The Morgan fingerprint density at radius 2 is 2.12 bits per heavy atom. The van der Waals surface area contributed by atoms with Crippen molar-refractivity contribution < 1.29 is 9.90 Å². The number of para-hydroxylation sites is 1. The van der Waals surface area contributed by atoms with E-state index in [1.165, 1.54) is 0 Å². The highest BCUT2D eigenvalue weighted by Gasteiger charge is 2.13. The highest BCUT2D eigenvalue weighted by Crippen LogP contribution is 2.25. The normalized spacial score (nSPS) is 12.6. The maximum Gasteiger partial charge on any atom is 0.303 e. The van der Waals surface area contributed by atoms with Gasteiger partial charge in [0.25, 0.3) is 0 Å². The SMILES string of the molecule is Cc1nc2ccccc2cc1C(C)CC(=O)O. The fourth-order valence-corrected chi connectivity index (χ4v) is 2.10. The Labute approximate surface area is 100 Å². The maximum atomic E-state index is 10.7. The number of hydrogen-bond acceptors (Lipinski definition) is 2. The van der Waals surface area contributed by atoms with E-state index >= 15 is 0 Å². The van der Waals surface area contributed by atoms with Gasteiger partial charge in [-0.15, -0.1) is 0 Å². The molecule has 1 heterocycles. The van der Waals surface area contributed by atoms with Crippen LogP contribution >= 0.6 is 0 Å². The van der Waals surface area contributed by atoms with Crippen LogP contribution in [0.25, 0.3) is 10.9 Å². The molecule has 17 heavy (non-hydrogen) atoms. The van der Waals surface area contributed by atoms with Gasteiger partial charge < -0.3 is 5.11 Å². The highest BCUT2D eigenvalue weighted by molar-refractivity contribution is 5.79. The molecule has 0 aliphatic rings. The first-order valence-corrected chi connectivity index (χ1v) is 5.66. The predicted octanol–water partition coefficient (Wildman–Crippen LogP) is 3.12. The molecule has 0 bridgehead atoms. The molecule has 0 fully saturated rings. The zero-order chi connectivity index (χ0) is 12.4. The number of carboxylic acid groups (broad SMARTS) is 1. The lowest BCUT2D eigenvalue weighted by Gasteiger charge is -2.13. The number of benzene rings is 1. The first kappa shape index (κ1) is 11.6. The summed E-state index contributed by atoms with van der Waals surface area (Å²) < 4.78 is 0. The van der Waals surface area contributed by atoms with Crippen LogP contribution in [-0.2, 0) is 4.79 Å². The molecular weight excluding hydrogens is 214 g/mol. The van der Waals surface area contributed by atoms with Crippen LogP contribution in [0.4, 0.5) is 0 Å². The molecule has 0 amide bonds. The Morgan fingerprint density at radius 1 is 1.41 bits per heavy atom. The molecule has 0 saturated carbocycles. The van der Waals surface area contributed by atoms with E-state index in [0.29, 0.717) is 0 Å². The van der Waals surface area contributed by atoms with E-state index in [1.54, 1.807) is 0 Å². The molecular formula is C14H15NO2. The van der Waals surface area contributed by atoms with Gasteiger partial charge in [-0.1, -0.05) is 25.1 Å². The van der Waals surface area contributed by atoms with Gasteiger partial charge in [-0.2, -0.15) is 0 Å². The molecule has 3 heteroatoms. The average molecular weight is 229 g/mol. The summed E-state index contributed by atoms with van der Waals surface area (Å²) in [5.41, 5.74) is 2.89. The topological polar surface area (TPSA) is 50.2 Å². The summed E-state index contributed by atoms with van der Waals surface area (Å²) in [7, 11) is 0. The van der Waals surface area contributed by atoms with Gasteiger partial charge in [0.15, 0.2) is 0 Å². The highest BCUT2D eigenvalue weighted by atomic mass is 16.4. The molecule has 0 spiro atoms. The van der Waals surface area contributed by atoms with E-state index in [4.69, 9.17) is 5.11 Å². The second-order valence-corrected chi connectivity index (χ2v) is 4.35. The summed E-state index contributed by atoms with van der Waals surface area (Å²) in [6.45, 7) is 3.85. The second kappa shape index (κ2) is 4.53. The van der Waals surface area contributed by atoms with Crippen molar-refractivity contribution in [2.24, 2.45) is 0 Å². The van der Waals surface area contributed by atoms with Crippen LogP contribution in [0.1, 0.15) is 30.5 Å². The Balaban J connectivity index is 2.46. The number of aliphatic carboxylic acids is 1. The van der Waals surface area contributed by atoms with E-state index in [2.05, 4.69) is 4.98 Å². The maximum absolute atomic E-state index is 10.7. The third-order valence-electron chi connectivity index (χ3n) is 2.97. The molecule has 1 N–H and O–H groups in total. The van der Waals surface area contributed by atoms with E-state index < -0.39 is 5.97 Å². The van der Waals surface area contributed by atoms with Crippen molar-refractivity contribution in [3.05, 3.63) is 41.6 Å². The number of hydrogen-bond donors (Lipinski definition) is 1. The number of carbonyl (C=O) groups is 1. The van der Waals surface area contributed by atoms with Gasteiger partial charge in [0.2, 0.25) is 0 Å². The fourth-order valence-electron chi connectivity index (χ4n) is 2.10.